The first-order chi connectivity index (χ1) is 18.0. The van der Waals surface area contributed by atoms with Crippen LogP contribution in [-0.4, -0.2) is 46.7 Å². The molecule has 1 atom stereocenters. The van der Waals surface area contributed by atoms with Gasteiger partial charge in [0.15, 0.2) is 11.6 Å². The summed E-state index contributed by atoms with van der Waals surface area (Å²) < 4.78 is 19.5. The maximum absolute atomic E-state index is 13.7. The third kappa shape index (κ3) is 5.86. The minimum atomic E-state index is -0.564. The van der Waals surface area contributed by atoms with E-state index in [4.69, 9.17) is 32.0 Å². The monoisotopic (exact) mass is 542 g/mol. The molecule has 9 heteroatoms. The van der Waals surface area contributed by atoms with E-state index in [1.165, 1.54) is 6.92 Å². The molecule has 1 aromatic heterocycles. The molecule has 0 amide bonds. The maximum atomic E-state index is 13.7. The fourth-order valence-corrected chi connectivity index (χ4v) is 5.50. The van der Waals surface area contributed by atoms with Gasteiger partial charge in [0.05, 0.1) is 28.2 Å². The predicted molar refractivity (Wildman–Crippen MR) is 149 cm³/mol. The maximum Gasteiger partial charge on any atom is 0.163 e. The molecular formula is C29H36ClFN4O3. The zero-order chi connectivity index (χ0) is 27.6. The van der Waals surface area contributed by atoms with Crippen LogP contribution in [0.2, 0.25) is 5.02 Å². The number of carbonyl (C=O) groups is 1. The van der Waals surface area contributed by atoms with Crippen LogP contribution in [0.3, 0.4) is 0 Å². The van der Waals surface area contributed by atoms with Gasteiger partial charge in [0.25, 0.3) is 0 Å². The van der Waals surface area contributed by atoms with E-state index in [0.29, 0.717) is 64.2 Å². The largest absolute Gasteiger partial charge is 0.491 e. The van der Waals surface area contributed by atoms with Gasteiger partial charge in [0, 0.05) is 35.3 Å². The third-order valence-electron chi connectivity index (χ3n) is 7.35. The van der Waals surface area contributed by atoms with Crippen LogP contribution in [0.25, 0.3) is 17.0 Å². The lowest BCUT2D eigenvalue weighted by Crippen LogP contribution is -2.57. The number of hydrogen-bond acceptors (Lipinski definition) is 7. The van der Waals surface area contributed by atoms with Crippen molar-refractivity contribution in [1.82, 2.24) is 9.97 Å². The fraction of sp³-hybridized carbons (Fsp3) is 0.483. The number of aliphatic hydroxyl groups is 1. The first kappa shape index (κ1) is 28.0. The highest BCUT2D eigenvalue weighted by atomic mass is 35.5. The molecule has 7 nitrogen and oxygen atoms in total. The number of ether oxygens (including phenoxy) is 1. The van der Waals surface area contributed by atoms with Crippen molar-refractivity contribution in [2.75, 3.05) is 24.6 Å². The molecule has 1 saturated heterocycles. The van der Waals surface area contributed by atoms with Crippen molar-refractivity contribution in [2.45, 2.75) is 65.9 Å². The number of rotatable bonds is 9. The second kappa shape index (κ2) is 11.4. The van der Waals surface area contributed by atoms with Crippen molar-refractivity contribution in [3.63, 3.8) is 0 Å². The number of hydrogen-bond donors (Lipinski definition) is 2. The average molecular weight is 543 g/mol. The Labute approximate surface area is 228 Å². The number of aliphatic hydroxyl groups excluding tert-OH is 1. The molecule has 2 heterocycles. The minimum absolute atomic E-state index is 0.0288. The number of ketones is 1. The predicted octanol–water partition coefficient (Wildman–Crippen LogP) is 5.77. The van der Waals surface area contributed by atoms with Crippen molar-refractivity contribution in [3.05, 3.63) is 52.1 Å². The number of aromatic nitrogens is 2. The lowest BCUT2D eigenvalue weighted by atomic mass is 9.70. The summed E-state index contributed by atoms with van der Waals surface area (Å²) in [6.07, 6.45) is 4.60. The summed E-state index contributed by atoms with van der Waals surface area (Å²) in [6, 6.07) is 5.19. The molecule has 1 fully saturated rings. The number of carbonyl (C=O) groups excluding carboxylic acids is 1. The molecule has 0 saturated carbocycles. The number of Topliss-reactive ketones (excluding diaryl/α,β-unsaturated/α-hetero) is 1. The van der Waals surface area contributed by atoms with E-state index < -0.39 is 6.10 Å². The Balaban J connectivity index is 1.75. The summed E-state index contributed by atoms with van der Waals surface area (Å²) in [5.74, 6) is 1.35. The van der Waals surface area contributed by atoms with Gasteiger partial charge >= 0.3 is 0 Å². The van der Waals surface area contributed by atoms with Crippen molar-refractivity contribution in [2.24, 2.45) is 11.1 Å². The van der Waals surface area contributed by atoms with Gasteiger partial charge in [-0.2, -0.15) is 0 Å². The molecule has 1 aromatic carbocycles. The van der Waals surface area contributed by atoms with Crippen LogP contribution in [0.15, 0.2) is 35.8 Å². The molecule has 1 aliphatic heterocycles. The smallest absolute Gasteiger partial charge is 0.163 e. The zero-order valence-electron chi connectivity index (χ0n) is 22.5. The Kier molecular flexibility index (Phi) is 8.43. The van der Waals surface area contributed by atoms with E-state index in [9.17, 15) is 14.3 Å². The number of nitrogens with zero attached hydrogens (tertiary/aromatic N) is 3. The van der Waals surface area contributed by atoms with Gasteiger partial charge in [-0.25, -0.2) is 14.4 Å². The van der Waals surface area contributed by atoms with E-state index in [1.54, 1.807) is 31.2 Å². The second-order valence-corrected chi connectivity index (χ2v) is 11.0. The summed E-state index contributed by atoms with van der Waals surface area (Å²) in [7, 11) is 0. The van der Waals surface area contributed by atoms with E-state index >= 15 is 0 Å². The highest BCUT2D eigenvalue weighted by molar-refractivity contribution is 6.33. The molecule has 0 radical (unpaired) electrons. The van der Waals surface area contributed by atoms with Crippen LogP contribution in [0.1, 0.15) is 64.1 Å². The molecule has 0 bridgehead atoms. The summed E-state index contributed by atoms with van der Waals surface area (Å²) in [5, 5.41) is 10.5. The number of anilines is 1. The van der Waals surface area contributed by atoms with Crippen molar-refractivity contribution in [3.8, 4) is 17.1 Å². The lowest BCUT2D eigenvalue weighted by molar-refractivity contribution is -0.111. The molecule has 3 N–H and O–H groups in total. The van der Waals surface area contributed by atoms with E-state index in [0.717, 1.165) is 31.5 Å². The fourth-order valence-electron chi connectivity index (χ4n) is 5.30. The summed E-state index contributed by atoms with van der Waals surface area (Å²) in [5.41, 5.74) is 8.66. The van der Waals surface area contributed by atoms with Crippen LogP contribution in [0.5, 0.6) is 5.75 Å². The van der Waals surface area contributed by atoms with E-state index in [2.05, 4.69) is 4.90 Å². The Bertz CT molecular complexity index is 1280. The number of nitrogens with two attached hydrogens (primary N) is 1. The molecular weight excluding hydrogens is 507 g/mol. The molecule has 1 spiro atoms. The highest BCUT2D eigenvalue weighted by Gasteiger charge is 2.45. The number of allylic oxidation sites excluding steroid dienone is 4. The molecule has 2 aliphatic rings. The Morgan fingerprint density at radius 2 is 2.05 bits per heavy atom. The highest BCUT2D eigenvalue weighted by Crippen LogP contribution is 2.46. The van der Waals surface area contributed by atoms with Crippen LogP contribution >= 0.6 is 11.6 Å². The second-order valence-electron chi connectivity index (χ2n) is 10.6. The molecule has 1 aliphatic carbocycles. The average Bonchev–Trinajstić information content (AvgIpc) is 2.84. The van der Waals surface area contributed by atoms with Crippen molar-refractivity contribution in [1.29, 1.82) is 0 Å². The molecule has 38 heavy (non-hydrogen) atoms. The molecule has 4 rings (SSSR count). The normalized spacial score (nSPS) is 18.0. The van der Waals surface area contributed by atoms with Gasteiger partial charge in [-0.05, 0) is 64.7 Å². The van der Waals surface area contributed by atoms with Gasteiger partial charge in [-0.3, -0.25) is 4.79 Å². The van der Waals surface area contributed by atoms with Gasteiger partial charge in [0.1, 0.15) is 18.2 Å². The van der Waals surface area contributed by atoms with Crippen LogP contribution < -0.4 is 15.4 Å². The number of benzene rings is 1. The lowest BCUT2D eigenvalue weighted by Gasteiger charge is -2.52. The van der Waals surface area contributed by atoms with Gasteiger partial charge in [0.2, 0.25) is 0 Å². The summed E-state index contributed by atoms with van der Waals surface area (Å²) in [4.78, 5) is 24.5. The first-order valence-electron chi connectivity index (χ1n) is 13.1. The molecule has 2 aromatic rings. The zero-order valence-corrected chi connectivity index (χ0v) is 23.2. The quantitative estimate of drug-likeness (QED) is 0.388. The van der Waals surface area contributed by atoms with Gasteiger partial charge in [-0.15, -0.1) is 0 Å². The van der Waals surface area contributed by atoms with Crippen molar-refractivity contribution >= 4 is 28.8 Å². The summed E-state index contributed by atoms with van der Waals surface area (Å²) in [6.45, 7) is 8.68. The number of halogens is 2. The van der Waals surface area contributed by atoms with Gasteiger partial charge in [-0.1, -0.05) is 31.0 Å². The van der Waals surface area contributed by atoms with Crippen LogP contribution in [0.4, 0.5) is 10.2 Å². The summed E-state index contributed by atoms with van der Waals surface area (Å²) >= 11 is 6.61. The molecule has 204 valence electrons. The standard InChI is InChI=1S/C29H36ClFN4O3/c1-5-6-21(37)14-38-22-7-8-24(30)23(13-22)27-33-26(25(18(3)32)19(4)36)17(2)28(34-27)35-15-29(16-35)11-9-20(31)10-12-29/h7-9,13,21,37H,5-6,10-12,14-16,32H2,1-4H3/t21-/m1/s1. The Hall–Kier alpha value is -2.97. The Morgan fingerprint density at radius 1 is 1.32 bits per heavy atom. The molecule has 0 unspecified atom stereocenters. The minimum Gasteiger partial charge on any atom is -0.491 e. The van der Waals surface area contributed by atoms with Crippen LogP contribution in [0, 0.1) is 12.3 Å². The van der Waals surface area contributed by atoms with E-state index in [1.807, 2.05) is 13.8 Å². The Morgan fingerprint density at radius 3 is 2.66 bits per heavy atom. The third-order valence-corrected chi connectivity index (χ3v) is 7.68. The van der Waals surface area contributed by atoms with Gasteiger partial charge < -0.3 is 20.5 Å². The van der Waals surface area contributed by atoms with Crippen LogP contribution in [-0.2, 0) is 4.79 Å². The SMILES string of the molecule is CCC[C@@H](O)COc1ccc(Cl)c(-c2nc(C(C(C)=O)=C(C)N)c(C)c(N3CC4(CC=C(F)CC4)C3)n2)c1. The topological polar surface area (TPSA) is 102 Å². The first-order valence-corrected chi connectivity index (χ1v) is 13.5. The van der Waals surface area contributed by atoms with Crippen molar-refractivity contribution < 1.29 is 19.0 Å². The van der Waals surface area contributed by atoms with E-state index in [-0.39, 0.29) is 23.6 Å².